The summed E-state index contributed by atoms with van der Waals surface area (Å²) in [5, 5.41) is 9.04. The van der Waals surface area contributed by atoms with E-state index in [4.69, 9.17) is 0 Å². The Morgan fingerprint density at radius 3 is 2.82 bits per heavy atom. The largest absolute Gasteiger partial charge is 0.356 e. The Bertz CT molecular complexity index is 436. The average molecular weight is 323 g/mol. The zero-order valence-electron chi connectivity index (χ0n) is 14.1. The number of aliphatic imine (C=N–C) groups is 1. The van der Waals surface area contributed by atoms with Crippen molar-refractivity contribution in [3.63, 3.8) is 0 Å². The van der Waals surface area contributed by atoms with E-state index in [1.54, 1.807) is 0 Å². The lowest BCUT2D eigenvalue weighted by molar-refractivity contribution is 0.213. The highest BCUT2D eigenvalue weighted by molar-refractivity contribution is 7.10. The van der Waals surface area contributed by atoms with Crippen molar-refractivity contribution in [2.24, 2.45) is 10.9 Å². The molecule has 1 aliphatic rings. The van der Waals surface area contributed by atoms with Crippen LogP contribution in [0.25, 0.3) is 0 Å². The molecule has 2 heterocycles. The smallest absolute Gasteiger partial charge is 0.190 e. The second-order valence-corrected chi connectivity index (χ2v) is 7.31. The lowest BCUT2D eigenvalue weighted by Gasteiger charge is -2.29. The standard InChI is InChI=1S/C17H30N4S/c1-14(16-5-4-12-22-16)13-20-17(18-2)19-9-6-15-7-10-21(3)11-8-15/h4-5,12,14-15H,6-11,13H2,1-3H3,(H2,18,19,20). The molecule has 0 aliphatic carbocycles. The second-order valence-electron chi connectivity index (χ2n) is 6.33. The number of nitrogens with zero attached hydrogens (tertiary/aromatic N) is 2. The van der Waals surface area contributed by atoms with Gasteiger partial charge in [-0.15, -0.1) is 11.3 Å². The quantitative estimate of drug-likeness (QED) is 0.625. The van der Waals surface area contributed by atoms with Crippen molar-refractivity contribution < 1.29 is 0 Å². The molecule has 0 spiro atoms. The molecule has 0 aromatic carbocycles. The highest BCUT2D eigenvalue weighted by Crippen LogP contribution is 2.20. The van der Waals surface area contributed by atoms with Crippen LogP contribution in [0, 0.1) is 5.92 Å². The van der Waals surface area contributed by atoms with E-state index in [-0.39, 0.29) is 0 Å². The van der Waals surface area contributed by atoms with Gasteiger partial charge in [0.2, 0.25) is 0 Å². The lowest BCUT2D eigenvalue weighted by Crippen LogP contribution is -2.40. The highest BCUT2D eigenvalue weighted by Gasteiger charge is 2.16. The van der Waals surface area contributed by atoms with E-state index in [9.17, 15) is 0 Å². The molecule has 1 saturated heterocycles. The fraction of sp³-hybridized carbons (Fsp3) is 0.706. The van der Waals surface area contributed by atoms with E-state index in [1.807, 2.05) is 18.4 Å². The van der Waals surface area contributed by atoms with Crippen LogP contribution in [-0.4, -0.2) is 51.1 Å². The third kappa shape index (κ3) is 5.61. The summed E-state index contributed by atoms with van der Waals surface area (Å²) in [6.07, 6.45) is 3.91. The SMILES string of the molecule is CN=C(NCCC1CCN(C)CC1)NCC(C)c1cccs1. The Hall–Kier alpha value is -1.07. The first-order valence-corrected chi connectivity index (χ1v) is 9.23. The Morgan fingerprint density at radius 2 is 2.18 bits per heavy atom. The average Bonchev–Trinajstić information content (AvgIpc) is 3.06. The van der Waals surface area contributed by atoms with Gasteiger partial charge < -0.3 is 15.5 Å². The summed E-state index contributed by atoms with van der Waals surface area (Å²) in [5.74, 6) is 2.32. The first-order valence-electron chi connectivity index (χ1n) is 8.35. The summed E-state index contributed by atoms with van der Waals surface area (Å²) in [6, 6.07) is 4.32. The van der Waals surface area contributed by atoms with Gasteiger partial charge in [-0.1, -0.05) is 13.0 Å². The van der Waals surface area contributed by atoms with Crippen molar-refractivity contribution in [1.29, 1.82) is 0 Å². The van der Waals surface area contributed by atoms with Gasteiger partial charge in [-0.05, 0) is 56.8 Å². The Morgan fingerprint density at radius 1 is 1.41 bits per heavy atom. The summed E-state index contributed by atoms with van der Waals surface area (Å²) >= 11 is 1.82. The molecule has 1 atom stereocenters. The molecule has 0 amide bonds. The van der Waals surface area contributed by atoms with Gasteiger partial charge in [-0.2, -0.15) is 0 Å². The van der Waals surface area contributed by atoms with Gasteiger partial charge >= 0.3 is 0 Å². The predicted molar refractivity (Wildman–Crippen MR) is 96.9 cm³/mol. The van der Waals surface area contributed by atoms with E-state index >= 15 is 0 Å². The minimum absolute atomic E-state index is 0.521. The maximum Gasteiger partial charge on any atom is 0.190 e. The van der Waals surface area contributed by atoms with Crippen molar-refractivity contribution in [3.8, 4) is 0 Å². The summed E-state index contributed by atoms with van der Waals surface area (Å²) in [6.45, 7) is 6.69. The molecular formula is C17H30N4S. The zero-order valence-corrected chi connectivity index (χ0v) is 15.0. The van der Waals surface area contributed by atoms with Gasteiger partial charge in [-0.25, -0.2) is 0 Å². The zero-order chi connectivity index (χ0) is 15.8. The molecular weight excluding hydrogens is 292 g/mol. The molecule has 0 radical (unpaired) electrons. The van der Waals surface area contributed by atoms with E-state index in [2.05, 4.69) is 52.0 Å². The first-order chi connectivity index (χ1) is 10.7. The third-order valence-electron chi connectivity index (χ3n) is 4.51. The Balaban J connectivity index is 1.63. The first kappa shape index (κ1) is 17.3. The minimum atomic E-state index is 0.521. The maximum atomic E-state index is 4.33. The summed E-state index contributed by atoms with van der Waals surface area (Å²) < 4.78 is 0. The van der Waals surface area contributed by atoms with E-state index in [0.717, 1.165) is 25.0 Å². The number of hydrogen-bond donors (Lipinski definition) is 2. The number of likely N-dealkylation sites (tertiary alicyclic amines) is 1. The van der Waals surface area contributed by atoms with Gasteiger partial charge in [0.15, 0.2) is 5.96 Å². The number of guanidine groups is 1. The van der Waals surface area contributed by atoms with Gasteiger partial charge in [0.1, 0.15) is 0 Å². The van der Waals surface area contributed by atoms with Crippen molar-refractivity contribution in [1.82, 2.24) is 15.5 Å². The fourth-order valence-corrected chi connectivity index (χ4v) is 3.68. The van der Waals surface area contributed by atoms with Crippen molar-refractivity contribution in [2.45, 2.75) is 32.1 Å². The predicted octanol–water partition coefficient (Wildman–Crippen LogP) is 2.75. The van der Waals surface area contributed by atoms with Crippen LogP contribution >= 0.6 is 11.3 Å². The molecule has 0 saturated carbocycles. The molecule has 22 heavy (non-hydrogen) atoms. The van der Waals surface area contributed by atoms with Gasteiger partial charge in [-0.3, -0.25) is 4.99 Å². The van der Waals surface area contributed by atoms with Crippen molar-refractivity contribution in [2.75, 3.05) is 40.3 Å². The van der Waals surface area contributed by atoms with Crippen LogP contribution < -0.4 is 10.6 Å². The fourth-order valence-electron chi connectivity index (χ4n) is 2.89. The number of thiophene rings is 1. The molecule has 1 aliphatic heterocycles. The van der Waals surface area contributed by atoms with Gasteiger partial charge in [0.05, 0.1) is 0 Å². The molecule has 1 aromatic rings. The summed E-state index contributed by atoms with van der Waals surface area (Å²) in [5.41, 5.74) is 0. The van der Waals surface area contributed by atoms with Crippen LogP contribution in [0.2, 0.25) is 0 Å². The molecule has 2 rings (SSSR count). The highest BCUT2D eigenvalue weighted by atomic mass is 32.1. The van der Waals surface area contributed by atoms with Crippen LogP contribution in [0.3, 0.4) is 0 Å². The molecule has 1 aromatic heterocycles. The Labute approximate surface area is 139 Å². The maximum absolute atomic E-state index is 4.33. The van der Waals surface area contributed by atoms with E-state index in [0.29, 0.717) is 5.92 Å². The van der Waals surface area contributed by atoms with E-state index < -0.39 is 0 Å². The summed E-state index contributed by atoms with van der Waals surface area (Å²) in [4.78, 5) is 8.18. The topological polar surface area (TPSA) is 39.7 Å². The number of piperidine rings is 1. The molecule has 124 valence electrons. The van der Waals surface area contributed by atoms with E-state index in [1.165, 1.54) is 37.2 Å². The van der Waals surface area contributed by atoms with Crippen LogP contribution in [0.4, 0.5) is 0 Å². The Kier molecular flexibility index (Phi) is 7.19. The molecule has 1 unspecified atom stereocenters. The van der Waals surface area contributed by atoms with Crippen LogP contribution in [-0.2, 0) is 0 Å². The monoisotopic (exact) mass is 322 g/mol. The van der Waals surface area contributed by atoms with Crippen molar-refractivity contribution in [3.05, 3.63) is 22.4 Å². The summed E-state index contributed by atoms with van der Waals surface area (Å²) in [7, 11) is 4.07. The molecule has 2 N–H and O–H groups in total. The minimum Gasteiger partial charge on any atom is -0.356 e. The number of rotatable bonds is 6. The molecule has 0 bridgehead atoms. The molecule has 5 heteroatoms. The normalized spacial score (nSPS) is 19.1. The van der Waals surface area contributed by atoms with Crippen LogP contribution in [0.15, 0.2) is 22.5 Å². The van der Waals surface area contributed by atoms with Crippen LogP contribution in [0.1, 0.15) is 37.0 Å². The van der Waals surface area contributed by atoms with Crippen molar-refractivity contribution >= 4 is 17.3 Å². The van der Waals surface area contributed by atoms with Crippen LogP contribution in [0.5, 0.6) is 0 Å². The molecule has 4 nitrogen and oxygen atoms in total. The number of nitrogens with one attached hydrogen (secondary N) is 2. The van der Waals surface area contributed by atoms with Gasteiger partial charge in [0, 0.05) is 30.9 Å². The molecule has 1 fully saturated rings. The number of hydrogen-bond acceptors (Lipinski definition) is 3. The lowest BCUT2D eigenvalue weighted by atomic mass is 9.94. The second kappa shape index (κ2) is 9.16. The van der Waals surface area contributed by atoms with Gasteiger partial charge in [0.25, 0.3) is 0 Å². The third-order valence-corrected chi connectivity index (χ3v) is 5.62.